The lowest BCUT2D eigenvalue weighted by molar-refractivity contribution is -0.142. The summed E-state index contributed by atoms with van der Waals surface area (Å²) in [5.41, 5.74) is 2.78. The van der Waals surface area contributed by atoms with Gasteiger partial charge in [-0.2, -0.15) is 0 Å². The normalized spacial score (nSPS) is 22.8. The Kier molecular flexibility index (Phi) is 5.41. The number of anilines is 1. The molecule has 3 saturated heterocycles. The maximum atomic E-state index is 12.7. The van der Waals surface area contributed by atoms with E-state index in [1.54, 1.807) is 0 Å². The van der Waals surface area contributed by atoms with Crippen LogP contribution in [0.25, 0.3) is 11.3 Å². The Bertz CT molecular complexity index is 894. The van der Waals surface area contributed by atoms with Crippen LogP contribution in [0.15, 0.2) is 16.8 Å². The third-order valence-electron chi connectivity index (χ3n) is 6.49. The first-order valence-electron chi connectivity index (χ1n) is 11.1. The molecule has 160 valence electrons. The molecule has 5 rings (SSSR count). The summed E-state index contributed by atoms with van der Waals surface area (Å²) in [6.07, 6.45) is 7.61. The lowest BCUT2D eigenvalue weighted by Crippen LogP contribution is -2.43. The molecule has 8 nitrogen and oxygen atoms in total. The molecule has 1 atom stereocenters. The second-order valence-electron chi connectivity index (χ2n) is 8.60. The molecule has 0 spiro atoms. The SMILES string of the molecule is Cc1cc(-c2cnc(N3CCCC3)nc2C2CCN(C(=O)C3CCCO3)CC2)on1. The highest BCUT2D eigenvalue weighted by Crippen LogP contribution is 2.36. The minimum Gasteiger partial charge on any atom is -0.368 e. The number of carbonyl (C=O) groups is 1. The zero-order valence-electron chi connectivity index (χ0n) is 17.5. The Balaban J connectivity index is 1.38. The molecule has 2 aromatic heterocycles. The van der Waals surface area contributed by atoms with Crippen LogP contribution in [-0.2, 0) is 9.53 Å². The second-order valence-corrected chi connectivity index (χ2v) is 8.60. The number of hydrogen-bond acceptors (Lipinski definition) is 7. The fourth-order valence-electron chi connectivity index (χ4n) is 4.80. The third-order valence-corrected chi connectivity index (χ3v) is 6.49. The molecule has 3 aliphatic rings. The molecule has 30 heavy (non-hydrogen) atoms. The summed E-state index contributed by atoms with van der Waals surface area (Å²) in [7, 11) is 0. The van der Waals surface area contributed by atoms with E-state index in [1.807, 2.05) is 24.1 Å². The van der Waals surface area contributed by atoms with E-state index < -0.39 is 0 Å². The standard InChI is InChI=1S/C22H29N5O3/c1-15-13-19(30-25-15)17-14-23-22(27-8-2-3-9-27)24-20(17)16-6-10-26(11-7-16)21(28)18-5-4-12-29-18/h13-14,16,18H,2-12H2,1H3. The largest absolute Gasteiger partial charge is 0.368 e. The Morgan fingerprint density at radius 2 is 1.90 bits per heavy atom. The molecule has 0 aliphatic carbocycles. The van der Waals surface area contributed by atoms with E-state index in [-0.39, 0.29) is 17.9 Å². The predicted molar refractivity (Wildman–Crippen MR) is 111 cm³/mol. The third kappa shape index (κ3) is 3.80. The van der Waals surface area contributed by atoms with Crippen molar-refractivity contribution in [1.29, 1.82) is 0 Å². The van der Waals surface area contributed by atoms with Crippen molar-refractivity contribution in [2.24, 2.45) is 0 Å². The van der Waals surface area contributed by atoms with Crippen LogP contribution in [0.5, 0.6) is 0 Å². The van der Waals surface area contributed by atoms with Crippen LogP contribution < -0.4 is 4.90 Å². The number of ether oxygens (including phenoxy) is 1. The number of rotatable bonds is 4. The van der Waals surface area contributed by atoms with Crippen molar-refractivity contribution in [1.82, 2.24) is 20.0 Å². The van der Waals surface area contributed by atoms with Crippen molar-refractivity contribution in [2.45, 2.75) is 57.5 Å². The van der Waals surface area contributed by atoms with Gasteiger partial charge in [0.2, 0.25) is 5.95 Å². The van der Waals surface area contributed by atoms with Gasteiger partial charge >= 0.3 is 0 Å². The Morgan fingerprint density at radius 1 is 1.10 bits per heavy atom. The van der Waals surface area contributed by atoms with Crippen molar-refractivity contribution >= 4 is 11.9 Å². The van der Waals surface area contributed by atoms with Gasteiger partial charge in [-0.1, -0.05) is 5.16 Å². The number of aromatic nitrogens is 3. The summed E-state index contributed by atoms with van der Waals surface area (Å²) in [4.78, 5) is 26.6. The Hall–Kier alpha value is -2.48. The van der Waals surface area contributed by atoms with Crippen molar-refractivity contribution in [2.75, 3.05) is 37.7 Å². The molecule has 0 N–H and O–H groups in total. The first-order chi connectivity index (χ1) is 14.7. The van der Waals surface area contributed by atoms with E-state index in [0.29, 0.717) is 12.4 Å². The average Bonchev–Trinajstić information content (AvgIpc) is 3.56. The molecule has 0 aromatic carbocycles. The minimum absolute atomic E-state index is 0.150. The maximum absolute atomic E-state index is 12.7. The lowest BCUT2D eigenvalue weighted by Gasteiger charge is -2.33. The molecule has 2 aromatic rings. The van der Waals surface area contributed by atoms with E-state index in [0.717, 1.165) is 74.8 Å². The summed E-state index contributed by atoms with van der Waals surface area (Å²) in [5, 5.41) is 4.05. The van der Waals surface area contributed by atoms with E-state index in [1.165, 1.54) is 12.8 Å². The van der Waals surface area contributed by atoms with Gasteiger partial charge in [0, 0.05) is 51.0 Å². The molecule has 1 unspecified atom stereocenters. The highest BCUT2D eigenvalue weighted by atomic mass is 16.5. The summed E-state index contributed by atoms with van der Waals surface area (Å²) in [6, 6.07) is 1.94. The molecular weight excluding hydrogens is 382 g/mol. The number of amides is 1. The Morgan fingerprint density at radius 3 is 2.57 bits per heavy atom. The summed E-state index contributed by atoms with van der Waals surface area (Å²) in [6.45, 7) is 6.11. The van der Waals surface area contributed by atoms with Gasteiger partial charge in [-0.3, -0.25) is 4.79 Å². The van der Waals surface area contributed by atoms with Gasteiger partial charge in [-0.25, -0.2) is 9.97 Å². The van der Waals surface area contributed by atoms with Crippen LogP contribution in [0.2, 0.25) is 0 Å². The number of carbonyl (C=O) groups excluding carboxylic acids is 1. The van der Waals surface area contributed by atoms with E-state index in [2.05, 4.69) is 15.0 Å². The monoisotopic (exact) mass is 411 g/mol. The molecule has 0 bridgehead atoms. The topological polar surface area (TPSA) is 84.6 Å². The van der Waals surface area contributed by atoms with Crippen molar-refractivity contribution in [3.8, 4) is 11.3 Å². The van der Waals surface area contributed by atoms with Crippen LogP contribution in [0.1, 0.15) is 55.8 Å². The highest BCUT2D eigenvalue weighted by Gasteiger charge is 2.33. The van der Waals surface area contributed by atoms with Crippen LogP contribution in [0.3, 0.4) is 0 Å². The number of nitrogens with zero attached hydrogens (tertiary/aromatic N) is 5. The Labute approximate surface area is 176 Å². The van der Waals surface area contributed by atoms with E-state index in [9.17, 15) is 4.79 Å². The molecule has 3 aliphatic heterocycles. The quantitative estimate of drug-likeness (QED) is 0.765. The smallest absolute Gasteiger partial charge is 0.251 e. The summed E-state index contributed by atoms with van der Waals surface area (Å²) < 4.78 is 11.1. The zero-order valence-corrected chi connectivity index (χ0v) is 17.5. The molecule has 8 heteroatoms. The van der Waals surface area contributed by atoms with E-state index in [4.69, 9.17) is 14.2 Å². The molecule has 1 amide bonds. The first-order valence-corrected chi connectivity index (χ1v) is 11.1. The van der Waals surface area contributed by atoms with Crippen LogP contribution in [0.4, 0.5) is 5.95 Å². The van der Waals surface area contributed by atoms with Gasteiger partial charge in [0.15, 0.2) is 5.76 Å². The van der Waals surface area contributed by atoms with Gasteiger partial charge in [-0.15, -0.1) is 0 Å². The lowest BCUT2D eigenvalue weighted by atomic mass is 9.90. The minimum atomic E-state index is -0.241. The van der Waals surface area contributed by atoms with Crippen molar-refractivity contribution < 1.29 is 14.1 Å². The predicted octanol–water partition coefficient (Wildman–Crippen LogP) is 2.93. The molecule has 0 saturated carbocycles. The van der Waals surface area contributed by atoms with Crippen LogP contribution >= 0.6 is 0 Å². The second kappa shape index (κ2) is 8.34. The zero-order chi connectivity index (χ0) is 20.5. The molecule has 3 fully saturated rings. The first kappa shape index (κ1) is 19.5. The fourth-order valence-corrected chi connectivity index (χ4v) is 4.80. The van der Waals surface area contributed by atoms with Gasteiger partial charge in [0.25, 0.3) is 5.91 Å². The van der Waals surface area contributed by atoms with Crippen LogP contribution in [0, 0.1) is 6.92 Å². The number of likely N-dealkylation sites (tertiary alicyclic amines) is 1. The van der Waals surface area contributed by atoms with Gasteiger partial charge in [0.1, 0.15) is 6.10 Å². The average molecular weight is 412 g/mol. The molecule has 0 radical (unpaired) electrons. The molecular formula is C22H29N5O3. The van der Waals surface area contributed by atoms with Gasteiger partial charge in [-0.05, 0) is 45.4 Å². The summed E-state index contributed by atoms with van der Waals surface area (Å²) in [5.74, 6) is 1.94. The number of piperidine rings is 1. The highest BCUT2D eigenvalue weighted by molar-refractivity contribution is 5.81. The number of aryl methyl sites for hydroxylation is 1. The maximum Gasteiger partial charge on any atom is 0.251 e. The number of hydrogen-bond donors (Lipinski definition) is 0. The van der Waals surface area contributed by atoms with Gasteiger partial charge < -0.3 is 19.1 Å². The van der Waals surface area contributed by atoms with E-state index >= 15 is 0 Å². The van der Waals surface area contributed by atoms with Gasteiger partial charge in [0.05, 0.1) is 17.0 Å². The fraction of sp³-hybridized carbons (Fsp3) is 0.636. The molecule has 5 heterocycles. The summed E-state index contributed by atoms with van der Waals surface area (Å²) >= 11 is 0. The van der Waals surface area contributed by atoms with Crippen molar-refractivity contribution in [3.05, 3.63) is 23.7 Å². The van der Waals surface area contributed by atoms with Crippen molar-refractivity contribution in [3.63, 3.8) is 0 Å². The van der Waals surface area contributed by atoms with Crippen LogP contribution in [-0.4, -0.2) is 64.8 Å².